The molecule has 0 aliphatic carbocycles. The molecule has 3 rings (SSSR count). The highest BCUT2D eigenvalue weighted by atomic mass is 127. The fraction of sp³-hybridized carbons (Fsp3) is 0.250. The van der Waals surface area contributed by atoms with Crippen LogP contribution in [0.25, 0.3) is 11.4 Å². The van der Waals surface area contributed by atoms with Gasteiger partial charge in [0.2, 0.25) is 0 Å². The average molecular weight is 524 g/mol. The van der Waals surface area contributed by atoms with E-state index in [1.165, 1.54) is 4.90 Å². The Morgan fingerprint density at radius 3 is 2.55 bits per heavy atom. The molecule has 0 amide bonds. The first-order valence-electron chi connectivity index (χ1n) is 8.96. The smallest absolute Gasteiger partial charge is 0.191 e. The molecule has 0 spiro atoms. The molecule has 0 unspecified atom stereocenters. The molecule has 0 atom stereocenters. The van der Waals surface area contributed by atoms with Crippen LogP contribution in [0.4, 0.5) is 0 Å². The van der Waals surface area contributed by atoms with E-state index in [9.17, 15) is 0 Å². The van der Waals surface area contributed by atoms with Crippen molar-refractivity contribution < 1.29 is 4.74 Å². The van der Waals surface area contributed by atoms with Crippen LogP contribution in [-0.4, -0.2) is 47.6 Å². The van der Waals surface area contributed by atoms with Crippen LogP contribution >= 0.6 is 35.7 Å². The summed E-state index contributed by atoms with van der Waals surface area (Å²) in [5, 5.41) is 13.8. The van der Waals surface area contributed by atoms with Crippen molar-refractivity contribution in [2.24, 2.45) is 4.99 Å². The van der Waals surface area contributed by atoms with E-state index in [2.05, 4.69) is 42.9 Å². The average Bonchev–Trinajstić information content (AvgIpc) is 3.23. The normalized spacial score (nSPS) is 10.9. The highest BCUT2D eigenvalue weighted by molar-refractivity contribution is 14.0. The van der Waals surface area contributed by atoms with Gasteiger partial charge >= 0.3 is 0 Å². The molecule has 0 aliphatic rings. The molecule has 0 fully saturated rings. The maximum absolute atomic E-state index is 5.17. The number of nitrogens with one attached hydrogen (secondary N) is 3. The fourth-order valence-electron chi connectivity index (χ4n) is 2.49. The summed E-state index contributed by atoms with van der Waals surface area (Å²) in [6.07, 6.45) is 0. The predicted molar refractivity (Wildman–Crippen MR) is 129 cm³/mol. The lowest BCUT2D eigenvalue weighted by atomic mass is 10.2. The molecule has 1 aromatic heterocycles. The van der Waals surface area contributed by atoms with Crippen molar-refractivity contribution in [3.8, 4) is 17.1 Å². The van der Waals surface area contributed by atoms with Crippen LogP contribution in [0.1, 0.15) is 5.82 Å². The van der Waals surface area contributed by atoms with Gasteiger partial charge in [-0.05, 0) is 36.4 Å². The van der Waals surface area contributed by atoms with Gasteiger partial charge in [0, 0.05) is 29.8 Å². The molecular weight excluding hydrogens is 499 g/mol. The predicted octanol–water partition coefficient (Wildman–Crippen LogP) is 3.56. The number of thioether (sulfide) groups is 1. The quantitative estimate of drug-likeness (QED) is 0.137. The van der Waals surface area contributed by atoms with Crippen molar-refractivity contribution in [2.45, 2.75) is 11.4 Å². The minimum atomic E-state index is 0. The van der Waals surface area contributed by atoms with Crippen molar-refractivity contribution in [3.63, 3.8) is 0 Å². The molecule has 29 heavy (non-hydrogen) atoms. The third-order valence-corrected chi connectivity index (χ3v) is 4.95. The van der Waals surface area contributed by atoms with Crippen molar-refractivity contribution in [2.75, 3.05) is 26.5 Å². The van der Waals surface area contributed by atoms with Gasteiger partial charge in [0.05, 0.1) is 13.7 Å². The summed E-state index contributed by atoms with van der Waals surface area (Å²) in [5.41, 5.74) is 0.934. The van der Waals surface area contributed by atoms with Crippen LogP contribution in [0.3, 0.4) is 0 Å². The summed E-state index contributed by atoms with van der Waals surface area (Å²) in [7, 11) is 3.40. The van der Waals surface area contributed by atoms with Crippen molar-refractivity contribution in [3.05, 3.63) is 60.4 Å². The minimum absolute atomic E-state index is 0. The molecule has 0 saturated carbocycles. The molecule has 0 saturated heterocycles. The summed E-state index contributed by atoms with van der Waals surface area (Å²) in [4.78, 5) is 10.0. The van der Waals surface area contributed by atoms with Crippen LogP contribution < -0.4 is 15.4 Å². The lowest BCUT2D eigenvalue weighted by molar-refractivity contribution is 0.415. The van der Waals surface area contributed by atoms with Crippen LogP contribution in [-0.2, 0) is 6.54 Å². The Morgan fingerprint density at radius 2 is 1.86 bits per heavy atom. The Kier molecular flexibility index (Phi) is 9.78. The second kappa shape index (κ2) is 12.3. The molecule has 9 heteroatoms. The number of H-pyrrole nitrogens is 1. The van der Waals surface area contributed by atoms with Gasteiger partial charge in [-0.2, -0.15) is 5.10 Å². The maximum Gasteiger partial charge on any atom is 0.191 e. The van der Waals surface area contributed by atoms with Crippen molar-refractivity contribution in [1.29, 1.82) is 0 Å². The summed E-state index contributed by atoms with van der Waals surface area (Å²) < 4.78 is 5.17. The number of benzene rings is 2. The Labute approximate surface area is 192 Å². The van der Waals surface area contributed by atoms with Gasteiger partial charge in [0.25, 0.3) is 0 Å². The van der Waals surface area contributed by atoms with Crippen LogP contribution in [0, 0.1) is 0 Å². The molecular formula is C20H25IN6OS. The summed E-state index contributed by atoms with van der Waals surface area (Å²) in [5.74, 6) is 3.89. The maximum atomic E-state index is 5.17. The zero-order valence-corrected chi connectivity index (χ0v) is 19.5. The summed E-state index contributed by atoms with van der Waals surface area (Å²) >= 11 is 1.81. The number of guanidine groups is 1. The summed E-state index contributed by atoms with van der Waals surface area (Å²) in [6, 6.07) is 18.0. The first-order chi connectivity index (χ1) is 13.8. The molecule has 7 nitrogen and oxygen atoms in total. The van der Waals surface area contributed by atoms with E-state index in [4.69, 9.17) is 4.74 Å². The number of methoxy groups -OCH3 is 1. The number of aromatic amines is 1. The van der Waals surface area contributed by atoms with Gasteiger partial charge in [-0.3, -0.25) is 10.1 Å². The zero-order chi connectivity index (χ0) is 19.6. The largest absolute Gasteiger partial charge is 0.497 e. The van der Waals surface area contributed by atoms with E-state index in [0.717, 1.165) is 35.4 Å². The van der Waals surface area contributed by atoms with Gasteiger partial charge in [-0.25, -0.2) is 4.98 Å². The Bertz CT molecular complexity index is 886. The van der Waals surface area contributed by atoms with Crippen LogP contribution in [0.2, 0.25) is 0 Å². The van der Waals surface area contributed by atoms with Crippen LogP contribution in [0.5, 0.6) is 5.75 Å². The lowest BCUT2D eigenvalue weighted by Crippen LogP contribution is -2.38. The Hall–Kier alpha value is -2.27. The third-order valence-electron chi connectivity index (χ3n) is 3.93. The highest BCUT2D eigenvalue weighted by Gasteiger charge is 2.07. The number of nitrogens with zero attached hydrogens (tertiary/aromatic N) is 3. The number of hydrogen-bond acceptors (Lipinski definition) is 5. The first-order valence-corrected chi connectivity index (χ1v) is 9.95. The third kappa shape index (κ3) is 7.24. The fourth-order valence-corrected chi connectivity index (χ4v) is 3.28. The number of aromatic nitrogens is 3. The molecule has 3 N–H and O–H groups in total. The van der Waals surface area contributed by atoms with E-state index < -0.39 is 0 Å². The summed E-state index contributed by atoms with van der Waals surface area (Å²) in [6.45, 7) is 1.32. The minimum Gasteiger partial charge on any atom is -0.497 e. The second-order valence-corrected chi connectivity index (χ2v) is 7.02. The molecule has 0 radical (unpaired) electrons. The first kappa shape index (κ1) is 23.0. The molecule has 154 valence electrons. The Balaban J connectivity index is 0.00000300. The number of halogens is 1. The molecule has 0 aliphatic heterocycles. The number of hydrogen-bond donors (Lipinski definition) is 3. The van der Waals surface area contributed by atoms with Crippen molar-refractivity contribution in [1.82, 2.24) is 25.8 Å². The molecule has 2 aromatic carbocycles. The second-order valence-electron chi connectivity index (χ2n) is 5.85. The molecule has 3 aromatic rings. The van der Waals surface area contributed by atoms with E-state index in [1.807, 2.05) is 54.2 Å². The van der Waals surface area contributed by atoms with E-state index >= 15 is 0 Å². The Morgan fingerprint density at radius 1 is 1.10 bits per heavy atom. The molecule has 1 heterocycles. The van der Waals surface area contributed by atoms with Crippen molar-refractivity contribution >= 4 is 41.7 Å². The van der Waals surface area contributed by atoms with Crippen LogP contribution in [0.15, 0.2) is 64.5 Å². The van der Waals surface area contributed by atoms with Gasteiger partial charge in [0.15, 0.2) is 11.8 Å². The van der Waals surface area contributed by atoms with Gasteiger partial charge in [-0.15, -0.1) is 35.7 Å². The monoisotopic (exact) mass is 524 g/mol. The number of ether oxygens (including phenoxy) is 1. The zero-order valence-electron chi connectivity index (χ0n) is 16.4. The van der Waals surface area contributed by atoms with Gasteiger partial charge in [-0.1, -0.05) is 18.2 Å². The highest BCUT2D eigenvalue weighted by Crippen LogP contribution is 2.19. The standard InChI is InChI=1S/C20H24N6OS.HI/c1-21-20(22-12-13-28-17-6-4-3-5-7-17)23-14-18-24-19(26-25-18)15-8-10-16(27-2)11-9-15;/h3-11H,12-14H2,1-2H3,(H2,21,22,23)(H,24,25,26);1H. The van der Waals surface area contributed by atoms with Gasteiger partial charge in [0.1, 0.15) is 11.6 Å². The van der Waals surface area contributed by atoms with E-state index in [0.29, 0.717) is 12.4 Å². The number of aliphatic imine (C=N–C) groups is 1. The topological polar surface area (TPSA) is 87.2 Å². The SMILES string of the molecule is CN=C(NCCSc1ccccc1)NCc1nc(-c2ccc(OC)cc2)n[nH]1.I. The lowest BCUT2D eigenvalue weighted by Gasteiger charge is -2.10. The number of rotatable bonds is 8. The van der Waals surface area contributed by atoms with E-state index in [-0.39, 0.29) is 24.0 Å². The van der Waals surface area contributed by atoms with Gasteiger partial charge < -0.3 is 15.4 Å². The molecule has 0 bridgehead atoms. The van der Waals surface area contributed by atoms with E-state index in [1.54, 1.807) is 14.2 Å².